The summed E-state index contributed by atoms with van der Waals surface area (Å²) >= 11 is 0. The zero-order valence-electron chi connectivity index (χ0n) is 21.5. The molecule has 0 saturated heterocycles. The van der Waals surface area contributed by atoms with Crippen LogP contribution < -0.4 is 0 Å². The second-order valence-corrected chi connectivity index (χ2v) is 9.28. The predicted octanol–water partition coefficient (Wildman–Crippen LogP) is 7.68. The number of hydrogen-bond acceptors (Lipinski definition) is 4. The lowest BCUT2D eigenvalue weighted by atomic mass is 10.0. The van der Waals surface area contributed by atoms with Crippen LogP contribution in [0.4, 0.5) is 4.79 Å². The Hall–Kier alpha value is -1.52. The Morgan fingerprint density at radius 1 is 0.781 bits per heavy atom. The van der Waals surface area contributed by atoms with Crippen LogP contribution in [0.2, 0.25) is 0 Å². The van der Waals surface area contributed by atoms with E-state index in [-0.39, 0.29) is 18.5 Å². The van der Waals surface area contributed by atoms with Gasteiger partial charge in [-0.05, 0) is 12.3 Å². The summed E-state index contributed by atoms with van der Waals surface area (Å²) < 4.78 is 10.5. The molecule has 1 unspecified atom stereocenters. The van der Waals surface area contributed by atoms with E-state index in [2.05, 4.69) is 13.5 Å². The van der Waals surface area contributed by atoms with Gasteiger partial charge in [-0.25, -0.2) is 9.59 Å². The van der Waals surface area contributed by atoms with Crippen molar-refractivity contribution in [3.63, 3.8) is 0 Å². The fourth-order valence-electron chi connectivity index (χ4n) is 3.95. The van der Waals surface area contributed by atoms with E-state index in [1.165, 1.54) is 94.4 Å². The molecule has 0 aliphatic carbocycles. The molecular formula is C27H51NO4. The second kappa shape index (κ2) is 21.3. The zero-order chi connectivity index (χ0) is 24.0. The standard InChI is InChI=1S/C27H51NO4/c1-6-8-9-10-11-12-13-14-15-16-17-18-19-20-21-23-31-26(29)25(24(3)4)28(5)27(30)32-22-7-2/h7,24-25H,2,6,8-23H2,1,3-5H3. The van der Waals surface area contributed by atoms with Gasteiger partial charge in [0.1, 0.15) is 12.6 Å². The first kappa shape index (κ1) is 30.5. The fourth-order valence-corrected chi connectivity index (χ4v) is 3.95. The largest absolute Gasteiger partial charge is 0.464 e. The molecule has 0 aromatic rings. The number of amides is 1. The van der Waals surface area contributed by atoms with Crippen molar-refractivity contribution in [2.45, 2.75) is 123 Å². The number of carbonyl (C=O) groups is 2. The van der Waals surface area contributed by atoms with Crippen LogP contribution in [0.3, 0.4) is 0 Å². The molecule has 5 nitrogen and oxygen atoms in total. The van der Waals surface area contributed by atoms with E-state index in [0.29, 0.717) is 6.61 Å². The van der Waals surface area contributed by atoms with E-state index in [9.17, 15) is 9.59 Å². The van der Waals surface area contributed by atoms with Crippen LogP contribution in [0.1, 0.15) is 117 Å². The van der Waals surface area contributed by atoms with Gasteiger partial charge in [-0.2, -0.15) is 0 Å². The highest BCUT2D eigenvalue weighted by atomic mass is 16.6. The van der Waals surface area contributed by atoms with Crippen LogP contribution in [0.25, 0.3) is 0 Å². The molecule has 0 aromatic carbocycles. The summed E-state index contributed by atoms with van der Waals surface area (Å²) in [7, 11) is 1.57. The monoisotopic (exact) mass is 453 g/mol. The molecule has 32 heavy (non-hydrogen) atoms. The maximum absolute atomic E-state index is 12.5. The number of carbonyl (C=O) groups excluding carboxylic acids is 2. The smallest absolute Gasteiger partial charge is 0.410 e. The molecule has 0 spiro atoms. The molecule has 0 aromatic heterocycles. The lowest BCUT2D eigenvalue weighted by molar-refractivity contribution is -0.150. The summed E-state index contributed by atoms with van der Waals surface area (Å²) in [5.41, 5.74) is 0. The first-order chi connectivity index (χ1) is 15.5. The summed E-state index contributed by atoms with van der Waals surface area (Å²) in [4.78, 5) is 25.8. The minimum absolute atomic E-state index is 0.0511. The van der Waals surface area contributed by atoms with Crippen molar-refractivity contribution >= 4 is 12.1 Å². The highest BCUT2D eigenvalue weighted by Gasteiger charge is 2.31. The molecule has 0 saturated carbocycles. The summed E-state index contributed by atoms with van der Waals surface area (Å²) in [6.07, 6.45) is 20.6. The Balaban J connectivity index is 3.70. The fraction of sp³-hybridized carbons (Fsp3) is 0.852. The van der Waals surface area contributed by atoms with Crippen LogP contribution in [-0.2, 0) is 14.3 Å². The first-order valence-electron chi connectivity index (χ1n) is 13.1. The Bertz CT molecular complexity index is 478. The van der Waals surface area contributed by atoms with Crippen molar-refractivity contribution in [3.8, 4) is 0 Å². The lowest BCUT2D eigenvalue weighted by Gasteiger charge is -2.28. The second-order valence-electron chi connectivity index (χ2n) is 9.28. The Labute approximate surface area is 198 Å². The van der Waals surface area contributed by atoms with E-state index < -0.39 is 12.1 Å². The summed E-state index contributed by atoms with van der Waals surface area (Å²) in [6, 6.07) is -0.636. The number of esters is 1. The van der Waals surface area contributed by atoms with Crippen LogP contribution in [-0.4, -0.2) is 43.3 Å². The van der Waals surface area contributed by atoms with Gasteiger partial charge >= 0.3 is 12.1 Å². The highest BCUT2D eigenvalue weighted by molar-refractivity contribution is 5.81. The minimum atomic E-state index is -0.636. The van der Waals surface area contributed by atoms with Gasteiger partial charge < -0.3 is 9.47 Å². The molecule has 0 fully saturated rings. The van der Waals surface area contributed by atoms with Crippen LogP contribution >= 0.6 is 0 Å². The molecule has 0 aliphatic heterocycles. The Morgan fingerprint density at radius 2 is 1.22 bits per heavy atom. The number of hydrogen-bond donors (Lipinski definition) is 0. The molecule has 0 radical (unpaired) electrons. The van der Waals surface area contributed by atoms with E-state index in [0.717, 1.165) is 12.8 Å². The third kappa shape index (κ3) is 16.2. The maximum Gasteiger partial charge on any atom is 0.410 e. The van der Waals surface area contributed by atoms with E-state index in [4.69, 9.17) is 9.47 Å². The zero-order valence-corrected chi connectivity index (χ0v) is 21.5. The van der Waals surface area contributed by atoms with E-state index in [1.807, 2.05) is 13.8 Å². The van der Waals surface area contributed by atoms with Crippen molar-refractivity contribution in [1.82, 2.24) is 4.90 Å². The molecule has 0 bridgehead atoms. The molecule has 5 heteroatoms. The van der Waals surface area contributed by atoms with Gasteiger partial charge in [-0.1, -0.05) is 123 Å². The molecule has 188 valence electrons. The summed E-state index contributed by atoms with van der Waals surface area (Å²) in [5, 5.41) is 0. The van der Waals surface area contributed by atoms with Crippen molar-refractivity contribution in [2.24, 2.45) is 5.92 Å². The minimum Gasteiger partial charge on any atom is -0.464 e. The molecule has 0 N–H and O–H groups in total. The van der Waals surface area contributed by atoms with Crippen molar-refractivity contribution in [2.75, 3.05) is 20.3 Å². The van der Waals surface area contributed by atoms with E-state index in [1.54, 1.807) is 7.05 Å². The van der Waals surface area contributed by atoms with Gasteiger partial charge in [0.25, 0.3) is 0 Å². The van der Waals surface area contributed by atoms with Crippen molar-refractivity contribution in [1.29, 1.82) is 0 Å². The maximum atomic E-state index is 12.5. The third-order valence-corrected chi connectivity index (χ3v) is 5.90. The third-order valence-electron chi connectivity index (χ3n) is 5.90. The van der Waals surface area contributed by atoms with Gasteiger partial charge in [-0.3, -0.25) is 4.90 Å². The van der Waals surface area contributed by atoms with Gasteiger partial charge in [0, 0.05) is 7.05 Å². The average Bonchev–Trinajstić information content (AvgIpc) is 2.76. The summed E-state index contributed by atoms with van der Waals surface area (Å²) in [6.45, 7) is 10.1. The highest BCUT2D eigenvalue weighted by Crippen LogP contribution is 2.15. The Kier molecular flexibility index (Phi) is 20.3. The topological polar surface area (TPSA) is 55.8 Å². The lowest BCUT2D eigenvalue weighted by Crippen LogP contribution is -2.46. The van der Waals surface area contributed by atoms with Crippen LogP contribution in [0.5, 0.6) is 0 Å². The number of rotatable bonds is 21. The van der Waals surface area contributed by atoms with Crippen molar-refractivity contribution < 1.29 is 19.1 Å². The van der Waals surface area contributed by atoms with Gasteiger partial charge in [0.05, 0.1) is 6.61 Å². The number of likely N-dealkylation sites (N-methyl/N-ethyl adjacent to an activating group) is 1. The molecular weight excluding hydrogens is 402 g/mol. The number of nitrogens with zero attached hydrogens (tertiary/aromatic N) is 1. The molecule has 1 amide bonds. The van der Waals surface area contributed by atoms with E-state index >= 15 is 0 Å². The van der Waals surface area contributed by atoms with Gasteiger partial charge in [0.15, 0.2) is 0 Å². The normalized spacial score (nSPS) is 11.9. The molecule has 0 heterocycles. The molecule has 0 rings (SSSR count). The number of unbranched alkanes of at least 4 members (excludes halogenated alkanes) is 14. The van der Waals surface area contributed by atoms with Crippen LogP contribution in [0, 0.1) is 5.92 Å². The summed E-state index contributed by atoms with van der Waals surface area (Å²) in [5.74, 6) is -0.409. The van der Waals surface area contributed by atoms with Gasteiger partial charge in [-0.15, -0.1) is 0 Å². The Morgan fingerprint density at radius 3 is 1.62 bits per heavy atom. The van der Waals surface area contributed by atoms with Gasteiger partial charge in [0.2, 0.25) is 0 Å². The van der Waals surface area contributed by atoms with Crippen LogP contribution in [0.15, 0.2) is 12.7 Å². The number of ether oxygens (including phenoxy) is 2. The quantitative estimate of drug-likeness (QED) is 0.102. The average molecular weight is 454 g/mol. The SMILES string of the molecule is C=CCOC(=O)N(C)C(C(=O)OCCCCCCCCCCCCCCCCC)C(C)C. The predicted molar refractivity (Wildman–Crippen MR) is 134 cm³/mol. The first-order valence-corrected chi connectivity index (χ1v) is 13.1. The molecule has 0 aliphatic rings. The molecule has 1 atom stereocenters. The van der Waals surface area contributed by atoms with Crippen molar-refractivity contribution in [3.05, 3.63) is 12.7 Å².